The van der Waals surface area contributed by atoms with Crippen LogP contribution in [0.15, 0.2) is 0 Å². The molecule has 2 amide bonds. The first-order valence-corrected chi connectivity index (χ1v) is 8.10. The van der Waals surface area contributed by atoms with Crippen molar-refractivity contribution < 1.29 is 9.59 Å². The van der Waals surface area contributed by atoms with E-state index in [1.54, 1.807) is 0 Å². The molecular formula is C16H30N2O2. The van der Waals surface area contributed by atoms with Crippen molar-refractivity contribution in [3.8, 4) is 0 Å². The zero-order chi connectivity index (χ0) is 15.3. The molecule has 0 bridgehead atoms. The van der Waals surface area contributed by atoms with Gasteiger partial charge in [-0.25, -0.2) is 0 Å². The van der Waals surface area contributed by atoms with Gasteiger partial charge in [-0.2, -0.15) is 0 Å². The normalized spacial score (nSPS) is 26.4. The number of amides is 2. The van der Waals surface area contributed by atoms with E-state index in [0.29, 0.717) is 6.42 Å². The number of carbonyl (C=O) groups is 2. The predicted octanol–water partition coefficient (Wildman–Crippen LogP) is 2.72. The Bertz CT molecular complexity index is 343. The summed E-state index contributed by atoms with van der Waals surface area (Å²) in [4.78, 5) is 26.9. The Labute approximate surface area is 123 Å². The van der Waals surface area contributed by atoms with E-state index < -0.39 is 0 Å². The summed E-state index contributed by atoms with van der Waals surface area (Å²) in [5.74, 6) is 0.306. The zero-order valence-electron chi connectivity index (χ0n) is 13.6. The van der Waals surface area contributed by atoms with Gasteiger partial charge in [-0.05, 0) is 25.7 Å². The Kier molecular flexibility index (Phi) is 6.50. The molecule has 0 aromatic heterocycles. The van der Waals surface area contributed by atoms with Crippen LogP contribution in [0.1, 0.15) is 66.7 Å². The fraction of sp³-hybridized carbons (Fsp3) is 0.875. The highest BCUT2D eigenvalue weighted by atomic mass is 16.2. The van der Waals surface area contributed by atoms with Gasteiger partial charge in [0.2, 0.25) is 11.8 Å². The molecule has 4 unspecified atom stereocenters. The third kappa shape index (κ3) is 3.53. The van der Waals surface area contributed by atoms with Crippen molar-refractivity contribution in [3.63, 3.8) is 0 Å². The van der Waals surface area contributed by atoms with Crippen molar-refractivity contribution >= 4 is 11.8 Å². The highest BCUT2D eigenvalue weighted by Crippen LogP contribution is 2.23. The molecule has 1 aliphatic rings. The Morgan fingerprint density at radius 3 is 2.35 bits per heavy atom. The summed E-state index contributed by atoms with van der Waals surface area (Å²) in [6, 6.07) is -0.501. The molecule has 4 heteroatoms. The topological polar surface area (TPSA) is 49.4 Å². The fourth-order valence-corrected chi connectivity index (χ4v) is 2.92. The molecule has 20 heavy (non-hydrogen) atoms. The Morgan fingerprint density at radius 1 is 1.20 bits per heavy atom. The first kappa shape index (κ1) is 17.0. The average Bonchev–Trinajstić information content (AvgIpc) is 2.45. The summed E-state index contributed by atoms with van der Waals surface area (Å²) >= 11 is 0. The van der Waals surface area contributed by atoms with E-state index >= 15 is 0 Å². The van der Waals surface area contributed by atoms with Gasteiger partial charge in [0.25, 0.3) is 0 Å². The molecule has 0 aromatic carbocycles. The molecule has 0 aromatic rings. The van der Waals surface area contributed by atoms with Crippen LogP contribution < -0.4 is 5.32 Å². The third-order valence-corrected chi connectivity index (χ3v) is 4.51. The van der Waals surface area contributed by atoms with Crippen LogP contribution >= 0.6 is 0 Å². The van der Waals surface area contributed by atoms with Crippen molar-refractivity contribution in [2.45, 2.75) is 84.8 Å². The summed E-state index contributed by atoms with van der Waals surface area (Å²) in [7, 11) is 0. The molecule has 0 spiro atoms. The molecule has 4 atom stereocenters. The minimum atomic E-state index is -0.348. The maximum Gasteiger partial charge on any atom is 0.246 e. The van der Waals surface area contributed by atoms with Gasteiger partial charge in [-0.3, -0.25) is 9.59 Å². The van der Waals surface area contributed by atoms with Crippen molar-refractivity contribution in [2.75, 3.05) is 0 Å². The monoisotopic (exact) mass is 282 g/mol. The van der Waals surface area contributed by atoms with Crippen LogP contribution in [0.5, 0.6) is 0 Å². The molecule has 1 heterocycles. The maximum atomic E-state index is 12.8. The van der Waals surface area contributed by atoms with Crippen LogP contribution in [0.4, 0.5) is 0 Å². The molecule has 1 fully saturated rings. The smallest absolute Gasteiger partial charge is 0.246 e. The van der Waals surface area contributed by atoms with E-state index in [1.165, 1.54) is 0 Å². The molecule has 0 aliphatic carbocycles. The summed E-state index contributed by atoms with van der Waals surface area (Å²) in [6.07, 6.45) is 4.76. The maximum absolute atomic E-state index is 12.8. The van der Waals surface area contributed by atoms with Crippen LogP contribution in [-0.2, 0) is 9.59 Å². The fourth-order valence-electron chi connectivity index (χ4n) is 2.92. The van der Waals surface area contributed by atoms with Gasteiger partial charge < -0.3 is 10.2 Å². The lowest BCUT2D eigenvalue weighted by Gasteiger charge is -2.43. The molecule has 4 nitrogen and oxygen atoms in total. The number of nitrogens with zero attached hydrogens (tertiary/aromatic N) is 1. The van der Waals surface area contributed by atoms with E-state index in [4.69, 9.17) is 0 Å². The lowest BCUT2D eigenvalue weighted by atomic mass is 9.92. The standard InChI is InChI=1S/C16H30N2O2/c1-6-9-10-12(5)18-13(8-3)15(19)17-14(16(18)20)11(4)7-2/h11-14H,6-10H2,1-5H3,(H,17,19). The molecule has 0 saturated carbocycles. The quantitative estimate of drug-likeness (QED) is 0.780. The molecule has 1 N–H and O–H groups in total. The first-order valence-electron chi connectivity index (χ1n) is 8.10. The summed E-state index contributed by atoms with van der Waals surface area (Å²) in [5, 5.41) is 2.93. The Balaban J connectivity index is 2.94. The summed E-state index contributed by atoms with van der Waals surface area (Å²) < 4.78 is 0. The average molecular weight is 282 g/mol. The second kappa shape index (κ2) is 7.65. The SMILES string of the molecule is CCCCC(C)N1C(=O)C(C(C)CC)NC(=O)C1CC. The van der Waals surface area contributed by atoms with Gasteiger partial charge in [0.1, 0.15) is 12.1 Å². The van der Waals surface area contributed by atoms with Gasteiger partial charge in [0, 0.05) is 6.04 Å². The first-order chi connectivity index (χ1) is 9.47. The highest BCUT2D eigenvalue weighted by molar-refractivity contribution is 5.97. The van der Waals surface area contributed by atoms with Gasteiger partial charge in [-0.1, -0.05) is 47.0 Å². The lowest BCUT2D eigenvalue weighted by Crippen LogP contribution is -2.66. The minimum absolute atomic E-state index is 0.0146. The Hall–Kier alpha value is -1.06. The number of rotatable bonds is 7. The molecular weight excluding hydrogens is 252 g/mol. The second-order valence-electron chi connectivity index (χ2n) is 6.03. The van der Waals surface area contributed by atoms with Crippen molar-refractivity contribution in [1.82, 2.24) is 10.2 Å². The Morgan fingerprint density at radius 2 is 1.85 bits per heavy atom. The number of carbonyl (C=O) groups excluding carboxylic acids is 2. The molecule has 1 aliphatic heterocycles. The van der Waals surface area contributed by atoms with E-state index in [9.17, 15) is 9.59 Å². The number of hydrogen-bond acceptors (Lipinski definition) is 2. The van der Waals surface area contributed by atoms with Crippen molar-refractivity contribution in [2.24, 2.45) is 5.92 Å². The van der Waals surface area contributed by atoms with Gasteiger partial charge >= 0.3 is 0 Å². The van der Waals surface area contributed by atoms with Crippen molar-refractivity contribution in [3.05, 3.63) is 0 Å². The van der Waals surface area contributed by atoms with Gasteiger partial charge in [-0.15, -0.1) is 0 Å². The molecule has 1 rings (SSSR count). The molecule has 0 radical (unpaired) electrons. The molecule has 116 valence electrons. The van der Waals surface area contributed by atoms with Crippen LogP contribution in [0.3, 0.4) is 0 Å². The van der Waals surface area contributed by atoms with Crippen LogP contribution in [0.2, 0.25) is 0 Å². The third-order valence-electron chi connectivity index (χ3n) is 4.51. The van der Waals surface area contributed by atoms with E-state index in [1.807, 2.05) is 18.7 Å². The largest absolute Gasteiger partial charge is 0.342 e. The number of unbranched alkanes of at least 4 members (excludes halogenated alkanes) is 1. The number of piperazine rings is 1. The number of nitrogens with one attached hydrogen (secondary N) is 1. The highest BCUT2D eigenvalue weighted by Gasteiger charge is 2.42. The van der Waals surface area contributed by atoms with Crippen LogP contribution in [-0.4, -0.2) is 34.8 Å². The summed E-state index contributed by atoms with van der Waals surface area (Å²) in [6.45, 7) is 10.3. The van der Waals surface area contributed by atoms with Crippen molar-refractivity contribution in [1.29, 1.82) is 0 Å². The van der Waals surface area contributed by atoms with Gasteiger partial charge in [0.15, 0.2) is 0 Å². The van der Waals surface area contributed by atoms with E-state index in [2.05, 4.69) is 26.1 Å². The summed E-state index contributed by atoms with van der Waals surface area (Å²) in [5.41, 5.74) is 0. The van der Waals surface area contributed by atoms with E-state index in [-0.39, 0.29) is 35.9 Å². The van der Waals surface area contributed by atoms with Crippen LogP contribution in [0, 0.1) is 5.92 Å². The molecule has 1 saturated heterocycles. The second-order valence-corrected chi connectivity index (χ2v) is 6.03. The minimum Gasteiger partial charge on any atom is -0.342 e. The van der Waals surface area contributed by atoms with E-state index in [0.717, 1.165) is 25.7 Å². The van der Waals surface area contributed by atoms with Crippen LogP contribution in [0.25, 0.3) is 0 Å². The predicted molar refractivity (Wildman–Crippen MR) is 81.3 cm³/mol. The lowest BCUT2D eigenvalue weighted by molar-refractivity contribution is -0.153. The number of hydrogen-bond donors (Lipinski definition) is 1. The van der Waals surface area contributed by atoms with Gasteiger partial charge in [0.05, 0.1) is 0 Å². The zero-order valence-corrected chi connectivity index (χ0v) is 13.6.